The Kier molecular flexibility index (Phi) is 6.84. The van der Waals surface area contributed by atoms with E-state index in [0.717, 1.165) is 15.6 Å². The van der Waals surface area contributed by atoms with Crippen LogP contribution in [0.2, 0.25) is 0 Å². The minimum atomic E-state index is -3.95. The number of aldehydes is 1. The van der Waals surface area contributed by atoms with Crippen molar-refractivity contribution in [2.75, 3.05) is 6.61 Å². The first-order chi connectivity index (χ1) is 13.9. The second-order valence-electron chi connectivity index (χ2n) is 6.37. The summed E-state index contributed by atoms with van der Waals surface area (Å²) in [6, 6.07) is 20.6. The number of hydrogen-bond donors (Lipinski definition) is 0. The van der Waals surface area contributed by atoms with Gasteiger partial charge in [-0.1, -0.05) is 64.0 Å². The normalized spacial score (nSPS) is 12.3. The molecule has 0 aliphatic rings. The molecule has 0 saturated heterocycles. The maximum absolute atomic E-state index is 12.6. The van der Waals surface area contributed by atoms with Crippen molar-refractivity contribution >= 4 is 32.3 Å². The van der Waals surface area contributed by atoms with E-state index in [1.54, 1.807) is 30.3 Å². The van der Waals surface area contributed by atoms with Crippen LogP contribution in [-0.2, 0) is 14.3 Å². The molecule has 3 aromatic carbocycles. The smallest absolute Gasteiger partial charge is 0.297 e. The van der Waals surface area contributed by atoms with E-state index in [2.05, 4.69) is 15.9 Å². The fourth-order valence-electron chi connectivity index (χ4n) is 2.66. The maximum Gasteiger partial charge on any atom is 0.297 e. The quantitative estimate of drug-likeness (QED) is 0.335. The van der Waals surface area contributed by atoms with Crippen LogP contribution in [0.1, 0.15) is 27.6 Å². The number of ether oxygens (including phenoxy) is 1. The van der Waals surface area contributed by atoms with Gasteiger partial charge in [-0.2, -0.15) is 8.42 Å². The zero-order valence-electron chi connectivity index (χ0n) is 15.6. The number of carbonyl (C=O) groups excluding carboxylic acids is 1. The predicted octanol–water partition coefficient (Wildman–Crippen LogP) is 5.10. The number of hydrogen-bond acceptors (Lipinski definition) is 5. The summed E-state index contributed by atoms with van der Waals surface area (Å²) >= 11 is 3.32. The van der Waals surface area contributed by atoms with Crippen LogP contribution in [0.5, 0.6) is 5.75 Å². The van der Waals surface area contributed by atoms with Crippen molar-refractivity contribution in [3.05, 3.63) is 94.0 Å². The average Bonchev–Trinajstić information content (AvgIpc) is 2.73. The van der Waals surface area contributed by atoms with E-state index >= 15 is 0 Å². The lowest BCUT2D eigenvalue weighted by atomic mass is 10.1. The van der Waals surface area contributed by atoms with Gasteiger partial charge >= 0.3 is 0 Å². The van der Waals surface area contributed by atoms with Gasteiger partial charge in [0.25, 0.3) is 10.1 Å². The van der Waals surface area contributed by atoms with Crippen LogP contribution in [0.25, 0.3) is 0 Å². The molecule has 0 heterocycles. The van der Waals surface area contributed by atoms with Crippen LogP contribution in [0.15, 0.2) is 82.2 Å². The van der Waals surface area contributed by atoms with Gasteiger partial charge in [0, 0.05) is 4.47 Å². The Morgan fingerprint density at radius 3 is 2.34 bits per heavy atom. The third-order valence-electron chi connectivity index (χ3n) is 4.22. The lowest BCUT2D eigenvalue weighted by molar-refractivity contribution is 0.109. The SMILES string of the molecule is Cc1ccc(S(=O)(=O)OCC(Oc2ccc(Br)cc2C=O)c2ccccc2)cc1. The molecule has 0 spiro atoms. The van der Waals surface area contributed by atoms with Crippen molar-refractivity contribution in [3.63, 3.8) is 0 Å². The number of rotatable bonds is 8. The van der Waals surface area contributed by atoms with Gasteiger partial charge in [0.05, 0.1) is 10.5 Å². The van der Waals surface area contributed by atoms with Gasteiger partial charge in [-0.3, -0.25) is 8.98 Å². The van der Waals surface area contributed by atoms with Crippen molar-refractivity contribution in [2.24, 2.45) is 0 Å². The summed E-state index contributed by atoms with van der Waals surface area (Å²) in [6.45, 7) is 1.63. The highest BCUT2D eigenvalue weighted by Crippen LogP contribution is 2.28. The molecule has 0 bridgehead atoms. The molecule has 5 nitrogen and oxygen atoms in total. The molecule has 3 aromatic rings. The standard InChI is InChI=1S/C22H19BrO5S/c1-16-7-10-20(11-8-16)29(25,26)27-15-22(17-5-3-2-4-6-17)28-21-12-9-19(23)13-18(21)14-24/h2-14,22H,15H2,1H3. The van der Waals surface area contributed by atoms with E-state index in [-0.39, 0.29) is 11.5 Å². The van der Waals surface area contributed by atoms with Crippen molar-refractivity contribution in [2.45, 2.75) is 17.9 Å². The van der Waals surface area contributed by atoms with Crippen LogP contribution < -0.4 is 4.74 Å². The van der Waals surface area contributed by atoms with Crippen LogP contribution >= 0.6 is 15.9 Å². The van der Waals surface area contributed by atoms with Gasteiger partial charge in [0.15, 0.2) is 6.29 Å². The third kappa shape index (κ3) is 5.53. The predicted molar refractivity (Wildman–Crippen MR) is 114 cm³/mol. The van der Waals surface area contributed by atoms with Crippen molar-refractivity contribution in [1.82, 2.24) is 0 Å². The third-order valence-corrected chi connectivity index (χ3v) is 6.01. The Hall–Kier alpha value is -2.48. The van der Waals surface area contributed by atoms with Crippen LogP contribution in [0.4, 0.5) is 0 Å². The van der Waals surface area contributed by atoms with Gasteiger partial charge in [-0.05, 0) is 42.8 Å². The largest absolute Gasteiger partial charge is 0.483 e. The van der Waals surface area contributed by atoms with E-state index in [9.17, 15) is 13.2 Å². The van der Waals surface area contributed by atoms with Gasteiger partial charge in [-0.25, -0.2) is 0 Å². The molecule has 1 atom stereocenters. The summed E-state index contributed by atoms with van der Waals surface area (Å²) in [5.41, 5.74) is 2.03. The summed E-state index contributed by atoms with van der Waals surface area (Å²) in [7, 11) is -3.95. The minimum Gasteiger partial charge on any atom is -0.483 e. The van der Waals surface area contributed by atoms with Crippen LogP contribution in [0, 0.1) is 6.92 Å². The molecular formula is C22H19BrO5S. The first-order valence-corrected chi connectivity index (χ1v) is 11.0. The zero-order chi connectivity index (χ0) is 20.9. The molecule has 7 heteroatoms. The molecule has 1 unspecified atom stereocenters. The highest BCUT2D eigenvalue weighted by molar-refractivity contribution is 9.10. The summed E-state index contributed by atoms with van der Waals surface area (Å²) in [5.74, 6) is 0.341. The van der Waals surface area contributed by atoms with Gasteiger partial charge in [-0.15, -0.1) is 0 Å². The summed E-state index contributed by atoms with van der Waals surface area (Å²) in [4.78, 5) is 11.5. The molecule has 3 rings (SSSR count). The molecule has 0 aliphatic heterocycles. The summed E-state index contributed by atoms with van der Waals surface area (Å²) < 4.78 is 37.1. The number of halogens is 1. The Bertz CT molecular complexity index is 1080. The van der Waals surface area contributed by atoms with Gasteiger partial charge < -0.3 is 4.74 Å². The summed E-state index contributed by atoms with van der Waals surface area (Å²) in [6.07, 6.45) is -0.0391. The van der Waals surface area contributed by atoms with Crippen molar-refractivity contribution in [1.29, 1.82) is 0 Å². The fraction of sp³-hybridized carbons (Fsp3) is 0.136. The Morgan fingerprint density at radius 1 is 1.00 bits per heavy atom. The number of carbonyl (C=O) groups is 1. The van der Waals surface area contributed by atoms with E-state index in [0.29, 0.717) is 17.6 Å². The molecule has 29 heavy (non-hydrogen) atoms. The Balaban J connectivity index is 1.85. The zero-order valence-corrected chi connectivity index (χ0v) is 18.0. The van der Waals surface area contributed by atoms with Crippen molar-refractivity contribution < 1.29 is 22.1 Å². The van der Waals surface area contributed by atoms with E-state index in [1.165, 1.54) is 12.1 Å². The number of benzene rings is 3. The van der Waals surface area contributed by atoms with Gasteiger partial charge in [0.1, 0.15) is 18.5 Å². The monoisotopic (exact) mass is 474 g/mol. The maximum atomic E-state index is 12.6. The molecule has 0 N–H and O–H groups in total. The van der Waals surface area contributed by atoms with Crippen LogP contribution in [0.3, 0.4) is 0 Å². The fourth-order valence-corrected chi connectivity index (χ4v) is 3.95. The lowest BCUT2D eigenvalue weighted by Gasteiger charge is -2.20. The molecule has 0 radical (unpaired) electrons. The molecule has 0 aromatic heterocycles. The first kappa shape index (κ1) is 21.2. The summed E-state index contributed by atoms with van der Waals surface area (Å²) in [5, 5.41) is 0. The minimum absolute atomic E-state index is 0.0760. The molecular weight excluding hydrogens is 456 g/mol. The first-order valence-electron chi connectivity index (χ1n) is 8.81. The molecule has 0 amide bonds. The topological polar surface area (TPSA) is 69.7 Å². The second-order valence-corrected chi connectivity index (χ2v) is 8.90. The lowest BCUT2D eigenvalue weighted by Crippen LogP contribution is -2.18. The highest BCUT2D eigenvalue weighted by atomic mass is 79.9. The van der Waals surface area contributed by atoms with E-state index < -0.39 is 16.2 Å². The number of aryl methyl sites for hydroxylation is 1. The Labute approximate surface area is 178 Å². The van der Waals surface area contributed by atoms with Gasteiger partial charge in [0.2, 0.25) is 0 Å². The molecule has 150 valence electrons. The van der Waals surface area contributed by atoms with E-state index in [4.69, 9.17) is 8.92 Å². The van der Waals surface area contributed by atoms with Crippen LogP contribution in [-0.4, -0.2) is 21.3 Å². The average molecular weight is 475 g/mol. The highest BCUT2D eigenvalue weighted by Gasteiger charge is 2.22. The molecule has 0 fully saturated rings. The van der Waals surface area contributed by atoms with Crippen molar-refractivity contribution in [3.8, 4) is 5.75 Å². The molecule has 0 aliphatic carbocycles. The second kappa shape index (κ2) is 9.35. The Morgan fingerprint density at radius 2 is 1.69 bits per heavy atom. The molecule has 0 saturated carbocycles. The van der Waals surface area contributed by atoms with E-state index in [1.807, 2.05) is 37.3 Å².